The fraction of sp³-hybridized carbons (Fsp3) is 1.00. The summed E-state index contributed by atoms with van der Waals surface area (Å²) < 4.78 is 4.83. The van der Waals surface area contributed by atoms with Crippen molar-refractivity contribution < 1.29 is 14.9 Å². The highest BCUT2D eigenvalue weighted by atomic mass is 16.5. The smallest absolute Gasteiger partial charge is 0.0742 e. The summed E-state index contributed by atoms with van der Waals surface area (Å²) in [5, 5.41) is 16.0. The van der Waals surface area contributed by atoms with Gasteiger partial charge in [-0.2, -0.15) is 0 Å². The molecule has 0 saturated carbocycles. The molecule has 2 N–H and O–H groups in total. The van der Waals surface area contributed by atoms with Crippen molar-refractivity contribution in [2.24, 2.45) is 0 Å². The third-order valence-electron chi connectivity index (χ3n) is 1.63. The van der Waals surface area contributed by atoms with Gasteiger partial charge in [0.25, 0.3) is 0 Å². The number of ether oxygens (including phenoxy) is 1. The normalized spacial score (nSPS) is 10.7. The van der Waals surface area contributed by atoms with Crippen molar-refractivity contribution in [3.05, 3.63) is 0 Å². The maximum absolute atomic E-state index is 8.11. The highest BCUT2D eigenvalue weighted by Crippen LogP contribution is 1.95. The number of hydrogen-bond acceptors (Lipinski definition) is 3. The van der Waals surface area contributed by atoms with E-state index in [0.717, 1.165) is 13.2 Å². The second-order valence-corrected chi connectivity index (χ2v) is 3.52. The van der Waals surface area contributed by atoms with Gasteiger partial charge in [-0.1, -0.05) is 39.5 Å². The Kier molecular flexibility index (Phi) is 32.1. The Morgan fingerprint density at radius 1 is 0.938 bits per heavy atom. The highest BCUT2D eigenvalue weighted by Gasteiger charge is 1.83. The molecule has 0 aliphatic rings. The molecule has 1 atom stereocenters. The Morgan fingerprint density at radius 3 is 1.31 bits per heavy atom. The molecule has 0 spiro atoms. The molecule has 3 nitrogen and oxygen atoms in total. The molecule has 0 fully saturated rings. The largest absolute Gasteiger partial charge is 0.394 e. The molecule has 16 heavy (non-hydrogen) atoms. The first-order chi connectivity index (χ1) is 7.60. The van der Waals surface area contributed by atoms with Gasteiger partial charge in [0.15, 0.2) is 0 Å². The summed E-state index contributed by atoms with van der Waals surface area (Å²) in [6, 6.07) is 0. The lowest BCUT2D eigenvalue weighted by Crippen LogP contribution is -2.03. The zero-order valence-electron chi connectivity index (χ0n) is 11.8. The summed E-state index contributed by atoms with van der Waals surface area (Å²) in [7, 11) is 0. The van der Waals surface area contributed by atoms with Gasteiger partial charge >= 0.3 is 0 Å². The fourth-order valence-electron chi connectivity index (χ4n) is 0.704. The van der Waals surface area contributed by atoms with Crippen LogP contribution >= 0.6 is 0 Å². The fourth-order valence-corrected chi connectivity index (χ4v) is 0.704. The summed E-state index contributed by atoms with van der Waals surface area (Å²) >= 11 is 0. The van der Waals surface area contributed by atoms with E-state index < -0.39 is 6.10 Å². The van der Waals surface area contributed by atoms with E-state index in [2.05, 4.69) is 13.8 Å². The molecule has 0 rings (SSSR count). The molecule has 0 aromatic carbocycles. The first kappa shape index (κ1) is 21.2. The van der Waals surface area contributed by atoms with E-state index in [4.69, 9.17) is 14.9 Å². The van der Waals surface area contributed by atoms with Crippen molar-refractivity contribution >= 4 is 0 Å². The Balaban J connectivity index is -0.000000160. The van der Waals surface area contributed by atoms with Crippen LogP contribution in [0.1, 0.15) is 60.3 Å². The van der Waals surface area contributed by atoms with E-state index in [0.29, 0.717) is 0 Å². The molecular formula is C13H32O3. The lowest BCUT2D eigenvalue weighted by molar-refractivity contribution is 0.110. The highest BCUT2D eigenvalue weighted by molar-refractivity contribution is 4.34. The van der Waals surface area contributed by atoms with E-state index >= 15 is 0 Å². The average Bonchev–Trinajstić information content (AvgIpc) is 2.29. The van der Waals surface area contributed by atoms with Crippen LogP contribution in [0, 0.1) is 0 Å². The number of unbranched alkanes of at least 4 members (excludes halogenated alkanes) is 3. The minimum absolute atomic E-state index is 0.139. The predicted molar refractivity (Wildman–Crippen MR) is 70.7 cm³/mol. The van der Waals surface area contributed by atoms with Crippen LogP contribution in [0.5, 0.6) is 0 Å². The van der Waals surface area contributed by atoms with E-state index in [1.54, 1.807) is 0 Å². The number of aliphatic hydroxyl groups excluding tert-OH is 2. The van der Waals surface area contributed by atoms with E-state index in [1.807, 2.05) is 13.8 Å². The molecule has 0 radical (unpaired) electrons. The number of aliphatic hydroxyl groups is 2. The monoisotopic (exact) mass is 236 g/mol. The molecular weight excluding hydrogens is 204 g/mol. The SMILES string of the molecule is CC(O)CO.CCCCCC.CCOCC. The van der Waals surface area contributed by atoms with Gasteiger partial charge in [0.1, 0.15) is 0 Å². The third-order valence-corrected chi connectivity index (χ3v) is 1.63. The van der Waals surface area contributed by atoms with E-state index in [9.17, 15) is 0 Å². The molecule has 0 aliphatic heterocycles. The van der Waals surface area contributed by atoms with Crippen LogP contribution in [0.2, 0.25) is 0 Å². The molecule has 3 heteroatoms. The molecule has 1 unspecified atom stereocenters. The van der Waals surface area contributed by atoms with Gasteiger partial charge in [0.05, 0.1) is 12.7 Å². The molecule has 0 aromatic heterocycles. The molecule has 0 aromatic rings. The zero-order valence-corrected chi connectivity index (χ0v) is 11.8. The minimum Gasteiger partial charge on any atom is -0.394 e. The topological polar surface area (TPSA) is 49.7 Å². The Bertz CT molecular complexity index is 79.2. The van der Waals surface area contributed by atoms with Crippen molar-refractivity contribution in [1.29, 1.82) is 0 Å². The van der Waals surface area contributed by atoms with Crippen molar-refractivity contribution in [2.45, 2.75) is 66.4 Å². The maximum Gasteiger partial charge on any atom is 0.0742 e. The van der Waals surface area contributed by atoms with E-state index in [1.165, 1.54) is 32.6 Å². The van der Waals surface area contributed by atoms with Crippen LogP contribution < -0.4 is 0 Å². The van der Waals surface area contributed by atoms with Crippen LogP contribution in [-0.4, -0.2) is 36.1 Å². The summed E-state index contributed by atoms with van der Waals surface area (Å²) in [5.41, 5.74) is 0. The molecule has 0 bridgehead atoms. The van der Waals surface area contributed by atoms with Crippen molar-refractivity contribution in [3.8, 4) is 0 Å². The summed E-state index contributed by atoms with van der Waals surface area (Å²) in [5.74, 6) is 0. The van der Waals surface area contributed by atoms with Crippen LogP contribution in [0.25, 0.3) is 0 Å². The van der Waals surface area contributed by atoms with Gasteiger partial charge in [-0.3, -0.25) is 0 Å². The van der Waals surface area contributed by atoms with Crippen LogP contribution in [-0.2, 0) is 4.74 Å². The molecule has 0 heterocycles. The Morgan fingerprint density at radius 2 is 1.25 bits per heavy atom. The van der Waals surface area contributed by atoms with Crippen molar-refractivity contribution in [1.82, 2.24) is 0 Å². The Hall–Kier alpha value is -0.120. The number of hydrogen-bond donors (Lipinski definition) is 2. The van der Waals surface area contributed by atoms with Gasteiger partial charge in [0.2, 0.25) is 0 Å². The lowest BCUT2D eigenvalue weighted by atomic mass is 10.2. The van der Waals surface area contributed by atoms with Crippen LogP contribution in [0.15, 0.2) is 0 Å². The lowest BCUT2D eigenvalue weighted by Gasteiger charge is -1.90. The standard InChI is InChI=1S/C6H14.C4H10O.C3H8O2/c1-3-5-6-4-2;1-3-5-4-2;1-3(5)2-4/h3-6H2,1-2H3;3-4H2,1-2H3;3-5H,2H2,1H3. The van der Waals surface area contributed by atoms with Gasteiger partial charge in [-0.05, 0) is 20.8 Å². The van der Waals surface area contributed by atoms with Gasteiger partial charge in [-0.25, -0.2) is 0 Å². The summed E-state index contributed by atoms with van der Waals surface area (Å²) in [4.78, 5) is 0. The summed E-state index contributed by atoms with van der Waals surface area (Å²) in [6.45, 7) is 11.5. The second-order valence-electron chi connectivity index (χ2n) is 3.52. The maximum atomic E-state index is 8.11. The van der Waals surface area contributed by atoms with Gasteiger partial charge in [0, 0.05) is 13.2 Å². The predicted octanol–water partition coefficient (Wildman–Crippen LogP) is 2.99. The Labute approximate surface area is 102 Å². The summed E-state index contributed by atoms with van der Waals surface area (Å²) in [6.07, 6.45) is 4.98. The van der Waals surface area contributed by atoms with Crippen molar-refractivity contribution in [2.75, 3.05) is 19.8 Å². The van der Waals surface area contributed by atoms with Gasteiger partial charge < -0.3 is 14.9 Å². The first-order valence-electron chi connectivity index (χ1n) is 6.47. The number of rotatable bonds is 6. The zero-order chi connectivity index (χ0) is 13.2. The first-order valence-corrected chi connectivity index (χ1v) is 6.47. The van der Waals surface area contributed by atoms with Crippen LogP contribution in [0.4, 0.5) is 0 Å². The molecule has 102 valence electrons. The van der Waals surface area contributed by atoms with Gasteiger partial charge in [-0.15, -0.1) is 0 Å². The third kappa shape index (κ3) is 48.6. The van der Waals surface area contributed by atoms with Crippen molar-refractivity contribution in [3.63, 3.8) is 0 Å². The van der Waals surface area contributed by atoms with Crippen LogP contribution in [0.3, 0.4) is 0 Å². The van der Waals surface area contributed by atoms with E-state index in [-0.39, 0.29) is 6.61 Å². The minimum atomic E-state index is -0.560. The average molecular weight is 236 g/mol. The second kappa shape index (κ2) is 24.2. The quantitative estimate of drug-likeness (QED) is 0.697. The molecule has 0 saturated heterocycles. The molecule has 0 aliphatic carbocycles. The molecule has 0 amide bonds.